The van der Waals surface area contributed by atoms with Gasteiger partial charge in [0.15, 0.2) is 5.69 Å². The van der Waals surface area contributed by atoms with Crippen molar-refractivity contribution in [3.8, 4) is 0 Å². The molecule has 0 aliphatic heterocycles. The molecular weight excluding hydrogens is 281 g/mol. The molecular formula is C13H14FN3O4. The van der Waals surface area contributed by atoms with Crippen molar-refractivity contribution in [2.45, 2.75) is 19.1 Å². The molecule has 3 N–H and O–H groups in total. The van der Waals surface area contributed by atoms with E-state index in [0.717, 1.165) is 0 Å². The summed E-state index contributed by atoms with van der Waals surface area (Å²) in [5.74, 6) is -1.63. The molecule has 0 spiro atoms. The number of benzene rings is 1. The minimum atomic E-state index is -1.24. The average Bonchev–Trinajstić information content (AvgIpc) is 2.84. The van der Waals surface area contributed by atoms with Gasteiger partial charge in [0, 0.05) is 6.42 Å². The summed E-state index contributed by atoms with van der Waals surface area (Å²) < 4.78 is 14.1. The Morgan fingerprint density at radius 2 is 2.00 bits per heavy atom. The largest absolute Gasteiger partial charge is 0.476 e. The molecule has 8 heteroatoms. The normalized spacial score (nSPS) is 12.3. The monoisotopic (exact) mass is 295 g/mol. The third-order valence-electron chi connectivity index (χ3n) is 2.92. The van der Waals surface area contributed by atoms with Crippen LogP contribution in [-0.4, -0.2) is 49.0 Å². The van der Waals surface area contributed by atoms with Gasteiger partial charge >= 0.3 is 5.97 Å². The van der Waals surface area contributed by atoms with Gasteiger partial charge in [-0.1, -0.05) is 17.3 Å². The standard InChI is InChI=1S/C13H14FN3O4/c14-9-3-1-8(2-4-9)5-11-12(13(20)21)15-16-17(11)6-10(19)7-18/h1-4,10,18-19H,5-7H2,(H,20,21). The fourth-order valence-electron chi connectivity index (χ4n) is 1.87. The van der Waals surface area contributed by atoms with Crippen LogP contribution < -0.4 is 0 Å². The van der Waals surface area contributed by atoms with Crippen molar-refractivity contribution in [2.75, 3.05) is 6.61 Å². The minimum Gasteiger partial charge on any atom is -0.476 e. The van der Waals surface area contributed by atoms with Gasteiger partial charge in [-0.05, 0) is 17.7 Å². The summed E-state index contributed by atoms with van der Waals surface area (Å²) in [6.45, 7) is -0.550. The lowest BCUT2D eigenvalue weighted by atomic mass is 10.1. The molecule has 0 saturated carbocycles. The van der Waals surface area contributed by atoms with E-state index in [0.29, 0.717) is 5.56 Å². The zero-order valence-electron chi connectivity index (χ0n) is 11.0. The maximum absolute atomic E-state index is 12.9. The van der Waals surface area contributed by atoms with E-state index in [-0.39, 0.29) is 30.2 Å². The molecule has 0 fully saturated rings. The number of halogens is 1. The number of hydrogen-bond donors (Lipinski definition) is 3. The highest BCUT2D eigenvalue weighted by Gasteiger charge is 2.20. The first kappa shape index (κ1) is 15.1. The zero-order chi connectivity index (χ0) is 15.4. The molecule has 112 valence electrons. The molecule has 1 aromatic heterocycles. The predicted molar refractivity (Wildman–Crippen MR) is 69.3 cm³/mol. The van der Waals surface area contributed by atoms with Gasteiger partial charge in [0.1, 0.15) is 5.82 Å². The summed E-state index contributed by atoms with van der Waals surface area (Å²) in [7, 11) is 0. The molecule has 0 aliphatic carbocycles. The summed E-state index contributed by atoms with van der Waals surface area (Å²) in [5, 5.41) is 34.7. The Labute approximate surface area is 119 Å². The van der Waals surface area contributed by atoms with Gasteiger partial charge in [0.05, 0.1) is 24.9 Å². The summed E-state index contributed by atoms with van der Waals surface area (Å²) in [5.41, 5.74) is 0.729. The summed E-state index contributed by atoms with van der Waals surface area (Å²) in [4.78, 5) is 11.1. The van der Waals surface area contributed by atoms with E-state index in [1.807, 2.05) is 0 Å². The number of carbonyl (C=O) groups is 1. The van der Waals surface area contributed by atoms with E-state index in [2.05, 4.69) is 10.3 Å². The van der Waals surface area contributed by atoms with E-state index in [1.54, 1.807) is 0 Å². The second-order valence-corrected chi connectivity index (χ2v) is 4.51. The molecule has 2 aromatic rings. The van der Waals surface area contributed by atoms with Gasteiger partial charge in [-0.3, -0.25) is 0 Å². The number of hydrogen-bond acceptors (Lipinski definition) is 5. The molecule has 1 unspecified atom stereocenters. The Hall–Kier alpha value is -2.32. The zero-order valence-corrected chi connectivity index (χ0v) is 11.0. The van der Waals surface area contributed by atoms with Crippen molar-refractivity contribution in [3.63, 3.8) is 0 Å². The highest BCUT2D eigenvalue weighted by atomic mass is 19.1. The second-order valence-electron chi connectivity index (χ2n) is 4.51. The third-order valence-corrected chi connectivity index (χ3v) is 2.92. The van der Waals surface area contributed by atoms with Crippen LogP contribution in [0.25, 0.3) is 0 Å². The van der Waals surface area contributed by atoms with Crippen LogP contribution >= 0.6 is 0 Å². The molecule has 1 heterocycles. The molecule has 0 radical (unpaired) electrons. The number of rotatable bonds is 6. The number of carboxylic acids is 1. The number of nitrogens with zero attached hydrogens (tertiary/aromatic N) is 3. The van der Waals surface area contributed by atoms with Gasteiger partial charge in [0.25, 0.3) is 0 Å². The number of carboxylic acid groups (broad SMARTS) is 1. The first-order chi connectivity index (χ1) is 10.0. The molecule has 1 atom stereocenters. The Bertz CT molecular complexity index is 627. The minimum absolute atomic E-state index is 0.0761. The predicted octanol–water partition coefficient (Wildman–Crippen LogP) is 0.0594. The number of aromatic nitrogens is 3. The molecule has 21 heavy (non-hydrogen) atoms. The average molecular weight is 295 g/mol. The van der Waals surface area contributed by atoms with Crippen LogP contribution in [0.5, 0.6) is 0 Å². The fourth-order valence-corrected chi connectivity index (χ4v) is 1.87. The Balaban J connectivity index is 2.32. The van der Waals surface area contributed by atoms with Gasteiger partial charge < -0.3 is 15.3 Å². The Morgan fingerprint density at radius 1 is 1.33 bits per heavy atom. The molecule has 1 aromatic carbocycles. The number of aliphatic hydroxyl groups is 2. The van der Waals surface area contributed by atoms with E-state index >= 15 is 0 Å². The lowest BCUT2D eigenvalue weighted by Gasteiger charge is -2.10. The first-order valence-electron chi connectivity index (χ1n) is 6.20. The van der Waals surface area contributed by atoms with Crippen LogP contribution in [0.3, 0.4) is 0 Å². The van der Waals surface area contributed by atoms with Crippen LogP contribution in [-0.2, 0) is 13.0 Å². The van der Waals surface area contributed by atoms with Crippen LogP contribution in [0.2, 0.25) is 0 Å². The van der Waals surface area contributed by atoms with E-state index in [4.69, 9.17) is 10.2 Å². The van der Waals surface area contributed by atoms with E-state index < -0.39 is 18.7 Å². The highest BCUT2D eigenvalue weighted by molar-refractivity contribution is 5.86. The van der Waals surface area contributed by atoms with Crippen molar-refractivity contribution in [3.05, 3.63) is 47.0 Å². The van der Waals surface area contributed by atoms with Gasteiger partial charge in [-0.15, -0.1) is 5.10 Å². The van der Waals surface area contributed by atoms with Crippen molar-refractivity contribution < 1.29 is 24.5 Å². The van der Waals surface area contributed by atoms with Gasteiger partial charge in [0.2, 0.25) is 0 Å². The number of aliphatic hydroxyl groups excluding tert-OH is 2. The summed E-state index contributed by atoms with van der Waals surface area (Å²) >= 11 is 0. The van der Waals surface area contributed by atoms with Crippen LogP contribution in [0.1, 0.15) is 21.7 Å². The number of aromatic carboxylic acids is 1. The maximum atomic E-state index is 12.9. The van der Waals surface area contributed by atoms with Crippen LogP contribution in [0.4, 0.5) is 4.39 Å². The van der Waals surface area contributed by atoms with Crippen LogP contribution in [0.15, 0.2) is 24.3 Å². The van der Waals surface area contributed by atoms with E-state index in [9.17, 15) is 14.3 Å². The van der Waals surface area contributed by atoms with E-state index in [1.165, 1.54) is 28.9 Å². The van der Waals surface area contributed by atoms with Crippen molar-refractivity contribution in [2.24, 2.45) is 0 Å². The smallest absolute Gasteiger partial charge is 0.358 e. The molecule has 0 bridgehead atoms. The SMILES string of the molecule is O=C(O)c1nnn(CC(O)CO)c1Cc1ccc(F)cc1. The highest BCUT2D eigenvalue weighted by Crippen LogP contribution is 2.14. The lowest BCUT2D eigenvalue weighted by molar-refractivity contribution is 0.0687. The van der Waals surface area contributed by atoms with Crippen molar-refractivity contribution >= 4 is 5.97 Å². The van der Waals surface area contributed by atoms with Gasteiger partial charge in [-0.2, -0.15) is 0 Å². The molecule has 0 saturated heterocycles. The maximum Gasteiger partial charge on any atom is 0.358 e. The van der Waals surface area contributed by atoms with Gasteiger partial charge in [-0.25, -0.2) is 13.9 Å². The quantitative estimate of drug-likeness (QED) is 0.695. The second kappa shape index (κ2) is 6.42. The topological polar surface area (TPSA) is 108 Å². The first-order valence-corrected chi connectivity index (χ1v) is 6.20. The molecule has 0 aliphatic rings. The Kier molecular flexibility index (Phi) is 4.61. The molecule has 7 nitrogen and oxygen atoms in total. The summed E-state index contributed by atoms with van der Waals surface area (Å²) in [6.07, 6.45) is -0.895. The summed E-state index contributed by atoms with van der Waals surface area (Å²) in [6, 6.07) is 5.60. The van der Waals surface area contributed by atoms with Crippen molar-refractivity contribution in [1.29, 1.82) is 0 Å². The molecule has 0 amide bonds. The Morgan fingerprint density at radius 3 is 2.57 bits per heavy atom. The third kappa shape index (κ3) is 3.61. The lowest BCUT2D eigenvalue weighted by Crippen LogP contribution is -2.22. The van der Waals surface area contributed by atoms with Crippen LogP contribution in [0, 0.1) is 5.82 Å². The molecule has 2 rings (SSSR count). The fraction of sp³-hybridized carbons (Fsp3) is 0.308. The van der Waals surface area contributed by atoms with Crippen molar-refractivity contribution in [1.82, 2.24) is 15.0 Å².